The third kappa shape index (κ3) is 335. The van der Waals surface area contributed by atoms with E-state index in [1.807, 2.05) is 0 Å². The first-order valence-corrected chi connectivity index (χ1v) is 5.10. The van der Waals surface area contributed by atoms with Gasteiger partial charge >= 0.3 is 367 Å². The van der Waals surface area contributed by atoms with Crippen LogP contribution < -0.4 is 420 Å². The summed E-state index contributed by atoms with van der Waals surface area (Å²) in [6, 6.07) is 0. The summed E-state index contributed by atoms with van der Waals surface area (Å²) in [7, 11) is -11.7. The molecule has 0 bridgehead atoms. The van der Waals surface area contributed by atoms with Gasteiger partial charge in [-0.15, -0.1) is 0 Å². The van der Waals surface area contributed by atoms with Crippen LogP contribution in [0.4, 0.5) is 0 Å². The normalized spacial score (nSPS) is 5.08. The van der Waals surface area contributed by atoms with Gasteiger partial charge in [-0.1, -0.05) is 0 Å². The Morgan fingerprint density at radius 2 is 0.486 bits per heavy atom. The van der Waals surface area contributed by atoms with Gasteiger partial charge in [0.25, 0.3) is 0 Å². The predicted molar refractivity (Wildman–Crippen MR) is 51.2 cm³/mol. The van der Waals surface area contributed by atoms with Gasteiger partial charge in [-0.2, -0.15) is 0 Å². The zero-order valence-electron chi connectivity index (χ0n) is 23.8. The fourth-order valence-corrected chi connectivity index (χ4v) is 0.276. The maximum Gasteiger partial charge on any atom is 1.00 e. The second kappa shape index (κ2) is 97.1. The molecule has 0 rings (SSSR count). The molecule has 148 valence electrons. The van der Waals surface area contributed by atoms with Crippen molar-refractivity contribution in [1.29, 1.82) is 0 Å². The number of carboxylic acids is 2. The van der Waals surface area contributed by atoms with E-state index in [9.17, 15) is 9.59 Å². The molecule has 0 saturated heterocycles. The summed E-state index contributed by atoms with van der Waals surface area (Å²) in [6.07, 6.45) is 0. The maximum absolute atomic E-state index is 9.73. The molecule has 0 aliphatic carbocycles. The van der Waals surface area contributed by atoms with Crippen LogP contribution in [0.25, 0.3) is 0 Å². The SMILES string of the molecule is O=C(O)CNCC(=O)O.[Na+].[Na+].[Na+].[Na+].[Na+].[Na+].[Na+].[Na+].[Na+].[Na+].[Na+].[Na+].[O-]B([O-])[O-].[O-]B([O-])[O-].[O-]B([O-])[O-].[O-]B([O-])[O-]. The number of carbonyl (C=O) groups is 2. The van der Waals surface area contributed by atoms with Crippen molar-refractivity contribution in [1.82, 2.24) is 5.32 Å². The minimum Gasteiger partial charge on any atom is -0.907 e. The molecule has 0 aliphatic heterocycles. The first-order chi connectivity index (χ1) is 11.1. The molecule has 0 saturated carbocycles. The molecule has 0 amide bonds. The van der Waals surface area contributed by atoms with Gasteiger partial charge in [0.1, 0.15) is 0 Å². The van der Waals surface area contributed by atoms with E-state index in [-0.39, 0.29) is 368 Å². The molecule has 17 nitrogen and oxygen atoms in total. The van der Waals surface area contributed by atoms with Gasteiger partial charge in [-0.05, 0) is 0 Å². The molecule has 0 aromatic carbocycles. The number of carboxylic acid groups (broad SMARTS) is 2. The molecule has 3 N–H and O–H groups in total. The maximum atomic E-state index is 9.73. The fourth-order valence-electron chi connectivity index (χ4n) is 0.276. The van der Waals surface area contributed by atoms with Gasteiger partial charge in [0, 0.05) is 0 Å². The monoisotopic (exact) mass is 645 g/mol. The number of rotatable bonds is 4. The average molecular weight is 644 g/mol. The van der Waals surface area contributed by atoms with Crippen molar-refractivity contribution in [2.75, 3.05) is 13.1 Å². The minimum absolute atomic E-state index is 0. The number of aliphatic carboxylic acids is 2. The Bertz CT molecular complexity index is 261. The molecule has 0 aromatic heterocycles. The first kappa shape index (κ1) is 110. The number of hydrogen-bond acceptors (Lipinski definition) is 15. The van der Waals surface area contributed by atoms with Crippen LogP contribution in [0.5, 0.6) is 0 Å². The van der Waals surface area contributed by atoms with Gasteiger partial charge in [0.2, 0.25) is 0 Å². The summed E-state index contributed by atoms with van der Waals surface area (Å²) in [5, 5.41) is 119. The van der Waals surface area contributed by atoms with Gasteiger partial charge in [-0.25, -0.2) is 0 Å². The van der Waals surface area contributed by atoms with E-state index in [1.165, 1.54) is 0 Å². The summed E-state index contributed by atoms with van der Waals surface area (Å²) >= 11 is 0. The van der Waals surface area contributed by atoms with Crippen molar-refractivity contribution in [2.24, 2.45) is 0 Å². The predicted octanol–water partition coefficient (Wildman–Crippen LogP) is -53.0. The van der Waals surface area contributed by atoms with Crippen molar-refractivity contribution in [3.63, 3.8) is 0 Å². The van der Waals surface area contributed by atoms with Crippen molar-refractivity contribution in [3.05, 3.63) is 0 Å². The quantitative estimate of drug-likeness (QED) is 0.239. The molecule has 0 radical (unpaired) electrons. The largest absolute Gasteiger partial charge is 1.00 e. The van der Waals surface area contributed by atoms with Crippen LogP contribution in [0.1, 0.15) is 0 Å². The molecule has 37 heavy (non-hydrogen) atoms. The second-order valence-corrected chi connectivity index (χ2v) is 2.55. The Kier molecular flexibility index (Phi) is 290. The van der Waals surface area contributed by atoms with Crippen LogP contribution in [-0.4, -0.2) is 64.5 Å². The molecule has 0 aliphatic rings. The molecule has 0 fully saturated rings. The Morgan fingerprint density at radius 3 is 0.541 bits per heavy atom. The zero-order chi connectivity index (χ0) is 21.6. The van der Waals surface area contributed by atoms with Crippen LogP contribution in [0, 0.1) is 0 Å². The van der Waals surface area contributed by atoms with E-state index >= 15 is 0 Å². The molecule has 0 atom stereocenters. The molecular formula is C4H7B4NNa12O16. The van der Waals surface area contributed by atoms with Crippen LogP contribution in [0.2, 0.25) is 0 Å². The van der Waals surface area contributed by atoms with Crippen LogP contribution >= 0.6 is 0 Å². The molecule has 0 unspecified atom stereocenters. The second-order valence-electron chi connectivity index (χ2n) is 2.55. The van der Waals surface area contributed by atoms with Gasteiger partial charge in [0.15, 0.2) is 0 Å². The molecule has 0 heterocycles. The van der Waals surface area contributed by atoms with E-state index in [4.69, 9.17) is 70.5 Å². The molecule has 33 heteroatoms. The minimum atomic E-state index is -2.92. The number of nitrogens with one attached hydrogen (secondary N) is 1. The number of hydrogen-bond donors (Lipinski definition) is 3. The van der Waals surface area contributed by atoms with E-state index in [1.54, 1.807) is 0 Å². The van der Waals surface area contributed by atoms with Gasteiger partial charge in [-0.3, -0.25) is 44.2 Å². The molecule has 0 aromatic rings. The Morgan fingerprint density at radius 1 is 0.405 bits per heavy atom. The van der Waals surface area contributed by atoms with Crippen molar-refractivity contribution in [2.45, 2.75) is 0 Å². The van der Waals surface area contributed by atoms with E-state index < -0.39 is 41.2 Å². The summed E-state index contributed by atoms with van der Waals surface area (Å²) < 4.78 is 0. The van der Waals surface area contributed by atoms with E-state index in [0.29, 0.717) is 0 Å². The van der Waals surface area contributed by atoms with E-state index in [0.717, 1.165) is 0 Å². The van der Waals surface area contributed by atoms with Crippen molar-refractivity contribution >= 4 is 41.2 Å². The first-order valence-electron chi connectivity index (χ1n) is 5.10. The zero-order valence-corrected chi connectivity index (χ0v) is 47.8. The topological polar surface area (TPSA) is 363 Å². The summed E-state index contributed by atoms with van der Waals surface area (Å²) in [4.78, 5) is 19.5. The van der Waals surface area contributed by atoms with Gasteiger partial charge in [0.05, 0.1) is 13.1 Å². The Balaban J connectivity index is -0.00000000866. The van der Waals surface area contributed by atoms with Crippen LogP contribution in [0.3, 0.4) is 0 Å². The van der Waals surface area contributed by atoms with Crippen LogP contribution in [-0.2, 0) is 9.59 Å². The fraction of sp³-hybridized carbons (Fsp3) is 0.500. The molecular weight excluding hydrogens is 637 g/mol. The summed E-state index contributed by atoms with van der Waals surface area (Å²) in [6.45, 7) is -0.626. The van der Waals surface area contributed by atoms with Crippen molar-refractivity contribution in [3.8, 4) is 0 Å². The smallest absolute Gasteiger partial charge is 0.907 e. The summed E-state index contributed by atoms with van der Waals surface area (Å²) in [5.74, 6) is -2.12. The van der Waals surface area contributed by atoms with Crippen molar-refractivity contribution < 1.29 is 435 Å². The molecule has 0 spiro atoms. The Hall–Kier alpha value is 10.7. The standard InChI is InChI=1S/C4H7NO4.4BO3.12Na/c6-3(7)1-5-2-4(8)9;4*2-1(3)4;;;;;;;;;;;;/h5H,1-2H2,(H,6,7)(H,8,9);;;;;;;;;;;;;;;;/q;4*-3;12*+1. The average Bonchev–Trinajstić information content (AvgIpc) is 2.23. The Labute approximate surface area is 482 Å². The third-order valence-electron chi connectivity index (χ3n) is 0.552. The summed E-state index contributed by atoms with van der Waals surface area (Å²) in [5.41, 5.74) is 0. The van der Waals surface area contributed by atoms with Crippen LogP contribution in [0.15, 0.2) is 0 Å². The van der Waals surface area contributed by atoms with E-state index in [2.05, 4.69) is 5.32 Å². The van der Waals surface area contributed by atoms with Gasteiger partial charge < -0.3 is 70.5 Å². The third-order valence-corrected chi connectivity index (χ3v) is 0.552.